The van der Waals surface area contributed by atoms with Gasteiger partial charge in [0.05, 0.1) is 13.0 Å². The Morgan fingerprint density at radius 1 is 1.39 bits per heavy atom. The third kappa shape index (κ3) is 2.30. The minimum atomic E-state index is -5.04. The number of aliphatic hydroxyl groups is 3. The second kappa shape index (κ2) is 4.65. The zero-order valence-electron chi connectivity index (χ0n) is 11.6. The Morgan fingerprint density at radius 2 is 2.04 bits per heavy atom. The summed E-state index contributed by atoms with van der Waals surface area (Å²) >= 11 is 0. The quantitative estimate of drug-likeness (QED) is 0.189. The molecule has 1 spiro atoms. The van der Waals surface area contributed by atoms with Crippen molar-refractivity contribution in [3.8, 4) is 0 Å². The van der Waals surface area contributed by atoms with Gasteiger partial charge in [0.25, 0.3) is 0 Å². The Balaban J connectivity index is 2.12. The standard InChI is InChI=1S/C9H16N6O7S/c10-6-13-4-3(1-16)12-7(11)15-5(22-23(19,20)21)9(17,18)2-8(4,15)14-6/h3-5,16-18H,1-2H2,(H2,11,12)(H3,10,13,14)(H,19,20,21). The van der Waals surface area contributed by atoms with Crippen LogP contribution in [0.2, 0.25) is 0 Å². The largest absolute Gasteiger partial charge is 0.399 e. The predicted octanol–water partition coefficient (Wildman–Crippen LogP) is -4.81. The maximum atomic E-state index is 11.0. The summed E-state index contributed by atoms with van der Waals surface area (Å²) in [5, 5.41) is 32.5. The SMILES string of the molecule is NC1=NC2C(CO)N=C(N)N3C(OS(=O)(=O)O)C(O)(O)CC23N1. The molecule has 0 aromatic rings. The molecule has 130 valence electrons. The lowest BCUT2D eigenvalue weighted by atomic mass is 9.90. The van der Waals surface area contributed by atoms with E-state index in [1.807, 2.05) is 0 Å². The van der Waals surface area contributed by atoms with Gasteiger partial charge in [0.2, 0.25) is 12.0 Å². The molecule has 3 rings (SSSR count). The highest BCUT2D eigenvalue weighted by Crippen LogP contribution is 2.46. The summed E-state index contributed by atoms with van der Waals surface area (Å²) in [6.07, 6.45) is -2.51. The first-order chi connectivity index (χ1) is 10.5. The number of aliphatic imine (C=N–C) groups is 2. The minimum absolute atomic E-state index is 0.0772. The molecule has 0 amide bonds. The fourth-order valence-corrected chi connectivity index (χ4v) is 3.80. The van der Waals surface area contributed by atoms with Gasteiger partial charge in [-0.2, -0.15) is 8.42 Å². The fourth-order valence-electron chi connectivity index (χ4n) is 3.33. The number of nitrogens with zero attached hydrogens (tertiary/aromatic N) is 3. The Labute approximate surface area is 130 Å². The van der Waals surface area contributed by atoms with Crippen LogP contribution in [-0.2, 0) is 14.6 Å². The van der Waals surface area contributed by atoms with Crippen LogP contribution in [0, 0.1) is 0 Å². The van der Waals surface area contributed by atoms with Gasteiger partial charge < -0.3 is 32.1 Å². The highest BCUT2D eigenvalue weighted by atomic mass is 32.3. The van der Waals surface area contributed by atoms with E-state index in [9.17, 15) is 23.7 Å². The maximum Gasteiger partial charge on any atom is 0.399 e. The van der Waals surface area contributed by atoms with Gasteiger partial charge >= 0.3 is 10.4 Å². The Bertz CT molecular complexity index is 693. The molecule has 0 aliphatic carbocycles. The molecular weight excluding hydrogens is 336 g/mol. The van der Waals surface area contributed by atoms with Crippen molar-refractivity contribution in [2.75, 3.05) is 6.61 Å². The van der Waals surface area contributed by atoms with Crippen molar-refractivity contribution in [1.29, 1.82) is 0 Å². The lowest BCUT2D eigenvalue weighted by molar-refractivity contribution is -0.216. The summed E-state index contributed by atoms with van der Waals surface area (Å²) in [4.78, 5) is 8.94. The molecule has 13 nitrogen and oxygen atoms in total. The Kier molecular flexibility index (Phi) is 3.27. The van der Waals surface area contributed by atoms with Crippen molar-refractivity contribution < 1.29 is 32.5 Å². The third-order valence-electron chi connectivity index (χ3n) is 4.01. The molecule has 3 heterocycles. The van der Waals surface area contributed by atoms with Gasteiger partial charge in [-0.15, -0.1) is 0 Å². The summed E-state index contributed by atoms with van der Waals surface area (Å²) in [6.45, 7) is -0.451. The molecule has 0 saturated carbocycles. The number of hydrogen-bond acceptors (Lipinski definition) is 12. The lowest BCUT2D eigenvalue weighted by Crippen LogP contribution is -2.70. The molecule has 1 saturated heterocycles. The van der Waals surface area contributed by atoms with Crippen molar-refractivity contribution in [1.82, 2.24) is 10.2 Å². The number of nitrogens with two attached hydrogens (primary N) is 2. The van der Waals surface area contributed by atoms with E-state index < -0.39 is 53.2 Å². The second-order valence-electron chi connectivity index (χ2n) is 5.55. The molecule has 0 bridgehead atoms. The smallest absolute Gasteiger partial charge is 0.394 e. The Hall–Kier alpha value is -1.71. The van der Waals surface area contributed by atoms with E-state index in [-0.39, 0.29) is 11.9 Å². The number of rotatable bonds is 3. The molecule has 9 N–H and O–H groups in total. The van der Waals surface area contributed by atoms with Crippen LogP contribution in [0.1, 0.15) is 6.42 Å². The van der Waals surface area contributed by atoms with E-state index in [0.29, 0.717) is 0 Å². The highest BCUT2D eigenvalue weighted by Gasteiger charge is 2.69. The molecule has 4 unspecified atom stereocenters. The third-order valence-corrected chi connectivity index (χ3v) is 4.44. The molecule has 0 aromatic carbocycles. The monoisotopic (exact) mass is 352 g/mol. The molecule has 0 radical (unpaired) electrons. The summed E-state index contributed by atoms with van der Waals surface area (Å²) < 4.78 is 35.3. The number of guanidine groups is 2. The molecule has 23 heavy (non-hydrogen) atoms. The van der Waals surface area contributed by atoms with Crippen molar-refractivity contribution >= 4 is 22.3 Å². The van der Waals surface area contributed by atoms with Crippen LogP contribution in [0.25, 0.3) is 0 Å². The first kappa shape index (κ1) is 16.2. The van der Waals surface area contributed by atoms with E-state index in [2.05, 4.69) is 19.5 Å². The van der Waals surface area contributed by atoms with E-state index in [4.69, 9.17) is 16.0 Å². The molecule has 3 aliphatic rings. The van der Waals surface area contributed by atoms with Crippen molar-refractivity contribution in [2.45, 2.75) is 36.2 Å². The predicted molar refractivity (Wildman–Crippen MR) is 73.8 cm³/mol. The fraction of sp³-hybridized carbons (Fsp3) is 0.778. The second-order valence-corrected chi connectivity index (χ2v) is 6.60. The van der Waals surface area contributed by atoms with Crippen molar-refractivity contribution in [3.05, 3.63) is 0 Å². The average Bonchev–Trinajstić information content (AvgIpc) is 2.80. The summed E-state index contributed by atoms with van der Waals surface area (Å²) in [5.74, 6) is -3.14. The Morgan fingerprint density at radius 3 is 2.61 bits per heavy atom. The summed E-state index contributed by atoms with van der Waals surface area (Å²) in [5.41, 5.74) is 9.93. The van der Waals surface area contributed by atoms with Crippen LogP contribution in [0.3, 0.4) is 0 Å². The van der Waals surface area contributed by atoms with E-state index >= 15 is 0 Å². The van der Waals surface area contributed by atoms with Gasteiger partial charge in [0.15, 0.2) is 11.9 Å². The van der Waals surface area contributed by atoms with Gasteiger partial charge in [-0.1, -0.05) is 0 Å². The van der Waals surface area contributed by atoms with E-state index in [0.717, 1.165) is 4.90 Å². The minimum Gasteiger partial charge on any atom is -0.394 e. The summed E-state index contributed by atoms with van der Waals surface area (Å²) in [6, 6.07) is -1.71. The number of hydrogen-bond donors (Lipinski definition) is 7. The van der Waals surface area contributed by atoms with Gasteiger partial charge in [-0.25, -0.2) is 14.2 Å². The van der Waals surface area contributed by atoms with E-state index in [1.54, 1.807) is 0 Å². The normalized spacial score (nSPS) is 38.4. The van der Waals surface area contributed by atoms with Crippen molar-refractivity contribution in [3.63, 3.8) is 0 Å². The lowest BCUT2D eigenvalue weighted by Gasteiger charge is -2.45. The van der Waals surface area contributed by atoms with Gasteiger partial charge in [-0.3, -0.25) is 9.45 Å². The topological polar surface area (TPSA) is 216 Å². The van der Waals surface area contributed by atoms with Crippen molar-refractivity contribution in [2.24, 2.45) is 21.5 Å². The van der Waals surface area contributed by atoms with Crippen LogP contribution in [0.5, 0.6) is 0 Å². The zero-order chi connectivity index (χ0) is 17.2. The van der Waals surface area contributed by atoms with Crippen LogP contribution >= 0.6 is 0 Å². The van der Waals surface area contributed by atoms with Crippen LogP contribution < -0.4 is 16.8 Å². The molecule has 3 aliphatic heterocycles. The molecular formula is C9H16N6O7S. The highest BCUT2D eigenvalue weighted by molar-refractivity contribution is 7.80. The van der Waals surface area contributed by atoms with Crippen LogP contribution in [-0.4, -0.2) is 81.5 Å². The van der Waals surface area contributed by atoms with Gasteiger partial charge in [-0.05, 0) is 0 Å². The first-order valence-corrected chi connectivity index (χ1v) is 7.82. The number of aliphatic hydroxyl groups excluding tert-OH is 1. The molecule has 4 atom stereocenters. The number of nitrogens with one attached hydrogen (secondary N) is 1. The van der Waals surface area contributed by atoms with E-state index in [1.165, 1.54) is 0 Å². The van der Waals surface area contributed by atoms with Gasteiger partial charge in [0.1, 0.15) is 17.7 Å². The average molecular weight is 352 g/mol. The maximum absolute atomic E-state index is 11.0. The first-order valence-electron chi connectivity index (χ1n) is 6.45. The molecule has 0 aromatic heterocycles. The van der Waals surface area contributed by atoms with Gasteiger partial charge in [0, 0.05) is 0 Å². The summed E-state index contributed by atoms with van der Waals surface area (Å²) in [7, 11) is -5.04. The van der Waals surface area contributed by atoms with Crippen LogP contribution in [0.15, 0.2) is 9.98 Å². The molecule has 14 heteroatoms. The molecule has 1 fully saturated rings. The van der Waals surface area contributed by atoms with Crippen LogP contribution in [0.4, 0.5) is 0 Å². The zero-order valence-corrected chi connectivity index (χ0v) is 12.4.